The van der Waals surface area contributed by atoms with E-state index >= 15 is 0 Å². The van der Waals surface area contributed by atoms with Gasteiger partial charge in [0.1, 0.15) is 12.2 Å². The van der Waals surface area contributed by atoms with Gasteiger partial charge in [0.15, 0.2) is 6.29 Å². The van der Waals surface area contributed by atoms with Crippen LogP contribution in [-0.2, 0) is 38.8 Å². The van der Waals surface area contributed by atoms with Crippen LogP contribution in [0.3, 0.4) is 0 Å². The number of hydrogen-bond acceptors (Lipinski definition) is 4. The third-order valence-electron chi connectivity index (χ3n) is 5.54. The standard InChI is InChI=1S/C27H29IO4/c1-20-25(29-17-21-11-5-2-6-12-21)26(30-18-22-13-7-3-8-14-22)24(28)27(32-20)31-19-23-15-9-4-10-16-23/h2-16,20,24-27H,17-19H2,1H3/t20-,24+,25-,26+,27+/m0/s1. The van der Waals surface area contributed by atoms with Crippen molar-refractivity contribution in [2.45, 2.75) is 55.3 Å². The van der Waals surface area contributed by atoms with Crippen LogP contribution >= 0.6 is 22.6 Å². The van der Waals surface area contributed by atoms with Gasteiger partial charge in [0.05, 0.1) is 29.8 Å². The fourth-order valence-electron chi connectivity index (χ4n) is 3.80. The molecule has 3 aromatic rings. The number of alkyl halides is 1. The smallest absolute Gasteiger partial charge is 0.172 e. The van der Waals surface area contributed by atoms with Crippen molar-refractivity contribution in [2.24, 2.45) is 0 Å². The first-order chi connectivity index (χ1) is 15.7. The lowest BCUT2D eigenvalue weighted by molar-refractivity contribution is -0.261. The van der Waals surface area contributed by atoms with E-state index in [4.69, 9.17) is 18.9 Å². The Morgan fingerprint density at radius 1 is 0.625 bits per heavy atom. The highest BCUT2D eigenvalue weighted by Gasteiger charge is 2.45. The number of ether oxygens (including phenoxy) is 4. The molecule has 4 nitrogen and oxygen atoms in total. The lowest BCUT2D eigenvalue weighted by Crippen LogP contribution is -2.56. The Bertz CT molecular complexity index is 922. The van der Waals surface area contributed by atoms with Crippen molar-refractivity contribution in [3.8, 4) is 0 Å². The Kier molecular flexibility index (Phi) is 8.70. The zero-order valence-electron chi connectivity index (χ0n) is 18.2. The summed E-state index contributed by atoms with van der Waals surface area (Å²) in [6, 6.07) is 30.6. The molecule has 4 rings (SSSR count). The van der Waals surface area contributed by atoms with Crippen LogP contribution in [0.15, 0.2) is 91.0 Å². The van der Waals surface area contributed by atoms with Gasteiger partial charge in [-0.2, -0.15) is 0 Å². The van der Waals surface area contributed by atoms with E-state index in [1.165, 1.54) is 0 Å². The van der Waals surface area contributed by atoms with Gasteiger partial charge in [0.25, 0.3) is 0 Å². The summed E-state index contributed by atoms with van der Waals surface area (Å²) in [6.07, 6.45) is -0.893. The van der Waals surface area contributed by atoms with Crippen LogP contribution in [-0.4, -0.2) is 28.5 Å². The predicted molar refractivity (Wildman–Crippen MR) is 133 cm³/mol. The summed E-state index contributed by atoms with van der Waals surface area (Å²) in [4.78, 5) is 0. The van der Waals surface area contributed by atoms with Crippen molar-refractivity contribution in [3.63, 3.8) is 0 Å². The molecule has 168 valence electrons. The summed E-state index contributed by atoms with van der Waals surface area (Å²) in [5, 5.41) is 0. The number of benzene rings is 3. The molecule has 0 radical (unpaired) electrons. The molecule has 1 heterocycles. The molecular formula is C27H29IO4. The molecule has 5 atom stereocenters. The summed E-state index contributed by atoms with van der Waals surface area (Å²) < 4.78 is 25.2. The second-order valence-corrected chi connectivity index (χ2v) is 9.41. The Morgan fingerprint density at radius 3 is 1.50 bits per heavy atom. The highest BCUT2D eigenvalue weighted by molar-refractivity contribution is 14.1. The lowest BCUT2D eigenvalue weighted by atomic mass is 10.0. The molecule has 3 aromatic carbocycles. The van der Waals surface area contributed by atoms with E-state index in [1.54, 1.807) is 0 Å². The molecule has 0 saturated carbocycles. The number of hydrogen-bond donors (Lipinski definition) is 0. The van der Waals surface area contributed by atoms with Crippen LogP contribution in [0.4, 0.5) is 0 Å². The molecule has 0 bridgehead atoms. The molecule has 5 heteroatoms. The third kappa shape index (κ3) is 6.39. The van der Waals surface area contributed by atoms with Crippen LogP contribution < -0.4 is 0 Å². The fourth-order valence-corrected chi connectivity index (χ4v) is 4.80. The van der Waals surface area contributed by atoms with Crippen molar-refractivity contribution in [1.29, 1.82) is 0 Å². The van der Waals surface area contributed by atoms with Gasteiger partial charge in [-0.05, 0) is 23.6 Å². The van der Waals surface area contributed by atoms with E-state index in [9.17, 15) is 0 Å². The van der Waals surface area contributed by atoms with Crippen molar-refractivity contribution in [2.75, 3.05) is 0 Å². The minimum atomic E-state index is -0.372. The zero-order chi connectivity index (χ0) is 22.2. The van der Waals surface area contributed by atoms with Gasteiger partial charge in [-0.15, -0.1) is 0 Å². The van der Waals surface area contributed by atoms with Crippen LogP contribution in [0.25, 0.3) is 0 Å². The summed E-state index contributed by atoms with van der Waals surface area (Å²) in [6.45, 7) is 3.58. The van der Waals surface area contributed by atoms with Crippen LogP contribution in [0.1, 0.15) is 23.6 Å². The monoisotopic (exact) mass is 544 g/mol. The molecule has 0 spiro atoms. The predicted octanol–water partition coefficient (Wildman–Crippen LogP) is 5.92. The van der Waals surface area contributed by atoms with Gasteiger partial charge >= 0.3 is 0 Å². The lowest BCUT2D eigenvalue weighted by Gasteiger charge is -2.43. The Hall–Kier alpha value is -1.77. The van der Waals surface area contributed by atoms with Crippen molar-refractivity contribution in [1.82, 2.24) is 0 Å². The number of halogens is 1. The molecule has 0 unspecified atom stereocenters. The minimum Gasteiger partial charge on any atom is -0.369 e. The minimum absolute atomic E-state index is 0.0167. The van der Waals surface area contributed by atoms with E-state index < -0.39 is 0 Å². The maximum absolute atomic E-state index is 6.44. The first-order valence-electron chi connectivity index (χ1n) is 11.0. The van der Waals surface area contributed by atoms with E-state index in [1.807, 2.05) is 61.5 Å². The second kappa shape index (κ2) is 11.9. The van der Waals surface area contributed by atoms with Crippen molar-refractivity contribution in [3.05, 3.63) is 108 Å². The zero-order valence-corrected chi connectivity index (χ0v) is 20.3. The van der Waals surface area contributed by atoms with Gasteiger partial charge in [0, 0.05) is 0 Å². The molecule has 1 fully saturated rings. The topological polar surface area (TPSA) is 36.9 Å². The summed E-state index contributed by atoms with van der Waals surface area (Å²) in [5.41, 5.74) is 3.39. The van der Waals surface area contributed by atoms with Gasteiger partial charge in [-0.1, -0.05) is 114 Å². The first-order valence-corrected chi connectivity index (χ1v) is 12.2. The van der Waals surface area contributed by atoms with Gasteiger partial charge < -0.3 is 18.9 Å². The first kappa shape index (κ1) is 23.4. The van der Waals surface area contributed by atoms with Crippen LogP contribution in [0.2, 0.25) is 0 Å². The molecule has 32 heavy (non-hydrogen) atoms. The normalized spacial score (nSPS) is 25.5. The quantitative estimate of drug-likeness (QED) is 0.248. The maximum atomic E-state index is 6.44. The largest absolute Gasteiger partial charge is 0.369 e. The Morgan fingerprint density at radius 2 is 1.03 bits per heavy atom. The number of rotatable bonds is 9. The Labute approximate surface area is 204 Å². The third-order valence-corrected chi connectivity index (χ3v) is 6.83. The van der Waals surface area contributed by atoms with Crippen LogP contribution in [0, 0.1) is 0 Å². The van der Waals surface area contributed by atoms with Gasteiger partial charge in [-0.3, -0.25) is 0 Å². The second-order valence-electron chi connectivity index (χ2n) is 7.97. The molecule has 1 aliphatic rings. The molecule has 1 aliphatic heterocycles. The average molecular weight is 544 g/mol. The van der Waals surface area contributed by atoms with Gasteiger partial charge in [-0.25, -0.2) is 0 Å². The SMILES string of the molecule is C[C@@H]1O[C@@H](OCc2ccccc2)[C@H](I)[C@@H](OCc2ccccc2)[C@H]1OCc1ccccc1. The maximum Gasteiger partial charge on any atom is 0.172 e. The molecule has 0 aliphatic carbocycles. The highest BCUT2D eigenvalue weighted by Crippen LogP contribution is 2.33. The summed E-state index contributed by atoms with van der Waals surface area (Å²) in [7, 11) is 0. The molecule has 0 N–H and O–H groups in total. The molecular weight excluding hydrogens is 515 g/mol. The summed E-state index contributed by atoms with van der Waals surface area (Å²) in [5.74, 6) is 0. The van der Waals surface area contributed by atoms with E-state index in [0.717, 1.165) is 16.7 Å². The van der Waals surface area contributed by atoms with E-state index in [-0.39, 0.29) is 28.5 Å². The molecule has 1 saturated heterocycles. The van der Waals surface area contributed by atoms with E-state index in [2.05, 4.69) is 59.0 Å². The highest BCUT2D eigenvalue weighted by atomic mass is 127. The molecule has 0 aromatic heterocycles. The van der Waals surface area contributed by atoms with E-state index in [0.29, 0.717) is 19.8 Å². The average Bonchev–Trinajstić information content (AvgIpc) is 2.84. The molecule has 0 amide bonds. The van der Waals surface area contributed by atoms with Crippen LogP contribution in [0.5, 0.6) is 0 Å². The van der Waals surface area contributed by atoms with Crippen molar-refractivity contribution >= 4 is 22.6 Å². The van der Waals surface area contributed by atoms with Gasteiger partial charge in [0.2, 0.25) is 0 Å². The Balaban J connectivity index is 1.45. The fraction of sp³-hybridized carbons (Fsp3) is 0.333. The summed E-state index contributed by atoms with van der Waals surface area (Å²) >= 11 is 2.39. The van der Waals surface area contributed by atoms with Crippen molar-refractivity contribution < 1.29 is 18.9 Å².